The van der Waals surface area contributed by atoms with Gasteiger partial charge in [-0.15, -0.1) is 5.10 Å². The molecule has 0 amide bonds. The highest BCUT2D eigenvalue weighted by molar-refractivity contribution is 7.80. The average Bonchev–Trinajstić information content (AvgIpc) is 2.78. The minimum atomic E-state index is 0.0938. The number of nitrogens with zero attached hydrogens (tertiary/aromatic N) is 4. The number of hydrogen-bond acceptors (Lipinski definition) is 4. The molecule has 0 atom stereocenters. The summed E-state index contributed by atoms with van der Waals surface area (Å²) in [6.45, 7) is 0. The van der Waals surface area contributed by atoms with E-state index in [1.807, 2.05) is 12.1 Å². The molecular formula is C10H9ClN6S. The first-order chi connectivity index (χ1) is 8.65. The molecule has 3 N–H and O–H groups in total. The third-order valence-electron chi connectivity index (χ3n) is 1.97. The standard InChI is InChI=1S/C10H9ClN6S/c11-7-1-3-9(4-2-7)17-6-8(14-16-17)5-13-15-10(12)18/h1-6H,(H3,12,15,18)/b13-5+. The Hall–Kier alpha value is -1.99. The third-order valence-corrected chi connectivity index (χ3v) is 2.32. The summed E-state index contributed by atoms with van der Waals surface area (Å²) in [7, 11) is 0. The first-order valence-electron chi connectivity index (χ1n) is 4.92. The summed E-state index contributed by atoms with van der Waals surface area (Å²) in [5.74, 6) is 0. The Morgan fingerprint density at radius 1 is 1.44 bits per heavy atom. The normalized spacial score (nSPS) is 10.7. The number of rotatable bonds is 3. The SMILES string of the molecule is NC(=S)N/N=C/c1cn(-c2ccc(Cl)cc2)nn1. The Bertz CT molecular complexity index is 576. The van der Waals surface area contributed by atoms with Gasteiger partial charge in [-0.3, -0.25) is 5.43 Å². The molecule has 0 bridgehead atoms. The molecule has 8 heteroatoms. The minimum Gasteiger partial charge on any atom is -0.375 e. The van der Waals surface area contributed by atoms with Gasteiger partial charge in [-0.05, 0) is 36.5 Å². The van der Waals surface area contributed by atoms with Crippen LogP contribution in [0.25, 0.3) is 5.69 Å². The fraction of sp³-hybridized carbons (Fsp3) is 0. The molecule has 0 fully saturated rings. The lowest BCUT2D eigenvalue weighted by atomic mass is 10.3. The van der Waals surface area contributed by atoms with Crippen molar-refractivity contribution in [3.8, 4) is 5.69 Å². The number of hydrogen-bond donors (Lipinski definition) is 2. The van der Waals surface area contributed by atoms with E-state index in [0.29, 0.717) is 10.7 Å². The molecule has 6 nitrogen and oxygen atoms in total. The van der Waals surface area contributed by atoms with E-state index in [1.165, 1.54) is 6.21 Å². The van der Waals surface area contributed by atoms with Crippen LogP contribution in [0.2, 0.25) is 5.02 Å². The predicted molar refractivity (Wildman–Crippen MR) is 73.9 cm³/mol. The average molecular weight is 281 g/mol. The second-order valence-electron chi connectivity index (χ2n) is 3.30. The van der Waals surface area contributed by atoms with Crippen LogP contribution in [0.4, 0.5) is 0 Å². The molecule has 2 rings (SSSR count). The molecule has 2 aromatic rings. The van der Waals surface area contributed by atoms with E-state index in [1.54, 1.807) is 23.0 Å². The van der Waals surface area contributed by atoms with Crippen molar-refractivity contribution in [1.29, 1.82) is 0 Å². The number of aromatic nitrogens is 3. The molecule has 1 heterocycles. The van der Waals surface area contributed by atoms with Gasteiger partial charge in [-0.1, -0.05) is 16.8 Å². The lowest BCUT2D eigenvalue weighted by Crippen LogP contribution is -2.24. The van der Waals surface area contributed by atoms with Crippen molar-refractivity contribution < 1.29 is 0 Å². The van der Waals surface area contributed by atoms with Crippen molar-refractivity contribution in [3.63, 3.8) is 0 Å². The van der Waals surface area contributed by atoms with Gasteiger partial charge >= 0.3 is 0 Å². The van der Waals surface area contributed by atoms with E-state index in [-0.39, 0.29) is 5.11 Å². The van der Waals surface area contributed by atoms with Gasteiger partial charge in [0.1, 0.15) is 5.69 Å². The summed E-state index contributed by atoms with van der Waals surface area (Å²) in [5.41, 5.74) is 9.09. The van der Waals surface area contributed by atoms with Gasteiger partial charge in [-0.25, -0.2) is 4.68 Å². The Morgan fingerprint density at radius 3 is 2.83 bits per heavy atom. The molecule has 1 aromatic heterocycles. The number of nitrogens with one attached hydrogen (secondary N) is 1. The summed E-state index contributed by atoms with van der Waals surface area (Å²) in [6, 6.07) is 7.23. The van der Waals surface area contributed by atoms with Gasteiger partial charge < -0.3 is 5.73 Å². The first kappa shape index (κ1) is 12.5. The monoisotopic (exact) mass is 280 g/mol. The molecule has 0 unspecified atom stereocenters. The molecule has 0 saturated heterocycles. The Morgan fingerprint density at radius 2 is 2.17 bits per heavy atom. The highest BCUT2D eigenvalue weighted by atomic mass is 35.5. The van der Waals surface area contributed by atoms with Crippen LogP contribution in [0.5, 0.6) is 0 Å². The van der Waals surface area contributed by atoms with Crippen LogP contribution in [0.15, 0.2) is 35.6 Å². The maximum absolute atomic E-state index is 5.80. The number of nitrogens with two attached hydrogens (primary N) is 1. The summed E-state index contributed by atoms with van der Waals surface area (Å²) in [5, 5.41) is 12.4. The topological polar surface area (TPSA) is 81.1 Å². The summed E-state index contributed by atoms with van der Waals surface area (Å²) >= 11 is 10.4. The molecule has 0 aliphatic rings. The van der Waals surface area contributed by atoms with Crippen molar-refractivity contribution in [2.45, 2.75) is 0 Å². The zero-order chi connectivity index (χ0) is 13.0. The molecule has 0 radical (unpaired) electrons. The highest BCUT2D eigenvalue weighted by Gasteiger charge is 2.00. The predicted octanol–water partition coefficient (Wildman–Crippen LogP) is 1.09. The molecule has 0 spiro atoms. The van der Waals surface area contributed by atoms with E-state index in [0.717, 1.165) is 5.69 Å². The number of hydrazone groups is 1. The van der Waals surface area contributed by atoms with E-state index >= 15 is 0 Å². The van der Waals surface area contributed by atoms with Crippen LogP contribution in [0.3, 0.4) is 0 Å². The minimum absolute atomic E-state index is 0.0938. The zero-order valence-electron chi connectivity index (χ0n) is 9.12. The van der Waals surface area contributed by atoms with Gasteiger partial charge in [0.05, 0.1) is 18.1 Å². The molecular weight excluding hydrogens is 272 g/mol. The molecule has 18 heavy (non-hydrogen) atoms. The Labute approximate surface area is 113 Å². The largest absolute Gasteiger partial charge is 0.375 e. The molecule has 92 valence electrons. The number of halogens is 1. The van der Waals surface area contributed by atoms with Crippen molar-refractivity contribution >= 4 is 35.1 Å². The van der Waals surface area contributed by atoms with Crippen molar-refractivity contribution in [2.24, 2.45) is 10.8 Å². The second kappa shape index (κ2) is 5.56. The highest BCUT2D eigenvalue weighted by Crippen LogP contribution is 2.12. The van der Waals surface area contributed by atoms with Crippen LogP contribution in [-0.2, 0) is 0 Å². The molecule has 0 saturated carbocycles. The quantitative estimate of drug-likeness (QED) is 0.500. The zero-order valence-corrected chi connectivity index (χ0v) is 10.7. The van der Waals surface area contributed by atoms with Crippen LogP contribution in [0, 0.1) is 0 Å². The lowest BCUT2D eigenvalue weighted by Gasteiger charge is -1.98. The smallest absolute Gasteiger partial charge is 0.184 e. The van der Waals surface area contributed by atoms with E-state index in [9.17, 15) is 0 Å². The Balaban J connectivity index is 2.12. The van der Waals surface area contributed by atoms with Crippen molar-refractivity contribution in [3.05, 3.63) is 41.2 Å². The van der Waals surface area contributed by atoms with E-state index in [4.69, 9.17) is 17.3 Å². The fourth-order valence-electron chi connectivity index (χ4n) is 1.22. The third kappa shape index (κ3) is 3.25. The van der Waals surface area contributed by atoms with Crippen molar-refractivity contribution in [1.82, 2.24) is 20.4 Å². The van der Waals surface area contributed by atoms with Crippen LogP contribution >= 0.6 is 23.8 Å². The maximum Gasteiger partial charge on any atom is 0.184 e. The van der Waals surface area contributed by atoms with E-state index in [2.05, 4.69) is 33.1 Å². The van der Waals surface area contributed by atoms with Gasteiger partial charge in [0, 0.05) is 5.02 Å². The first-order valence-corrected chi connectivity index (χ1v) is 5.70. The van der Waals surface area contributed by atoms with Crippen LogP contribution < -0.4 is 11.2 Å². The fourth-order valence-corrected chi connectivity index (χ4v) is 1.40. The summed E-state index contributed by atoms with van der Waals surface area (Å²) in [6.07, 6.45) is 3.19. The molecule has 0 aliphatic carbocycles. The molecule has 1 aromatic carbocycles. The van der Waals surface area contributed by atoms with Crippen LogP contribution in [-0.4, -0.2) is 26.3 Å². The lowest BCUT2D eigenvalue weighted by molar-refractivity contribution is 0.803. The maximum atomic E-state index is 5.80. The van der Waals surface area contributed by atoms with Gasteiger partial charge in [0.25, 0.3) is 0 Å². The van der Waals surface area contributed by atoms with Crippen molar-refractivity contribution in [2.75, 3.05) is 0 Å². The summed E-state index contributed by atoms with van der Waals surface area (Å²) in [4.78, 5) is 0. The Kier molecular flexibility index (Phi) is 3.85. The number of thiocarbonyl (C=S) groups is 1. The van der Waals surface area contributed by atoms with Gasteiger partial charge in [0.2, 0.25) is 0 Å². The van der Waals surface area contributed by atoms with Crippen LogP contribution in [0.1, 0.15) is 5.69 Å². The van der Waals surface area contributed by atoms with Gasteiger partial charge in [-0.2, -0.15) is 5.10 Å². The second-order valence-corrected chi connectivity index (χ2v) is 4.17. The molecule has 0 aliphatic heterocycles. The summed E-state index contributed by atoms with van der Waals surface area (Å²) < 4.78 is 1.61. The van der Waals surface area contributed by atoms with Gasteiger partial charge in [0.15, 0.2) is 5.11 Å². The number of benzene rings is 1. The van der Waals surface area contributed by atoms with E-state index < -0.39 is 0 Å².